The molecule has 6 heteroatoms. The third-order valence-corrected chi connectivity index (χ3v) is 17.9. The van der Waals surface area contributed by atoms with Gasteiger partial charge in [-0.15, -0.1) is 23.5 Å². The molecule has 2 aliphatic heterocycles. The number of ether oxygens (including phenoxy) is 2. The Morgan fingerprint density at radius 2 is 1.46 bits per heavy atom. The maximum Gasteiger partial charge on any atom is 0.261 e. The van der Waals surface area contributed by atoms with Crippen LogP contribution in [0.2, 0.25) is 5.04 Å². The van der Waals surface area contributed by atoms with Gasteiger partial charge in [-0.05, 0) is 64.9 Å². The Labute approximate surface area is 246 Å². The number of rotatable bonds is 8. The lowest BCUT2D eigenvalue weighted by Gasteiger charge is -2.49. The van der Waals surface area contributed by atoms with Crippen LogP contribution in [0.1, 0.15) is 67.2 Å². The van der Waals surface area contributed by atoms with E-state index in [0.717, 1.165) is 12.8 Å². The van der Waals surface area contributed by atoms with Gasteiger partial charge in [0.15, 0.2) is 5.79 Å². The second-order valence-electron chi connectivity index (χ2n) is 13.3. The summed E-state index contributed by atoms with van der Waals surface area (Å²) in [5.74, 6) is 3.06. The first kappa shape index (κ1) is 29.7. The molecule has 2 aromatic rings. The minimum Gasteiger partial charge on any atom is -0.407 e. The van der Waals surface area contributed by atoms with E-state index in [-0.39, 0.29) is 10.5 Å². The zero-order chi connectivity index (χ0) is 27.8. The molecule has 214 valence electrons. The van der Waals surface area contributed by atoms with E-state index in [9.17, 15) is 0 Å². The number of hydrogen-bond acceptors (Lipinski definition) is 5. The molecule has 1 aliphatic carbocycles. The maximum atomic E-state index is 7.60. The van der Waals surface area contributed by atoms with E-state index in [2.05, 4.69) is 126 Å². The highest BCUT2D eigenvalue weighted by Crippen LogP contribution is 2.60. The number of hydrogen-bond donors (Lipinski definition) is 0. The monoisotopic (exact) mass is 584 g/mol. The molecular weight excluding hydrogens is 537 g/mol. The Balaban J connectivity index is 1.53. The average molecular weight is 585 g/mol. The van der Waals surface area contributed by atoms with Gasteiger partial charge >= 0.3 is 0 Å². The van der Waals surface area contributed by atoms with Crippen molar-refractivity contribution in [3.05, 3.63) is 60.7 Å². The first-order chi connectivity index (χ1) is 18.6. The normalized spacial score (nSPS) is 27.6. The number of benzene rings is 2. The smallest absolute Gasteiger partial charge is 0.261 e. The van der Waals surface area contributed by atoms with Gasteiger partial charge in [0, 0.05) is 18.4 Å². The molecule has 0 radical (unpaired) electrons. The Morgan fingerprint density at radius 1 is 0.923 bits per heavy atom. The Kier molecular flexibility index (Phi) is 8.76. The highest BCUT2D eigenvalue weighted by molar-refractivity contribution is 8.18. The van der Waals surface area contributed by atoms with Crippen LogP contribution in [-0.2, 0) is 13.9 Å². The van der Waals surface area contributed by atoms with Crippen molar-refractivity contribution in [3.63, 3.8) is 0 Å². The van der Waals surface area contributed by atoms with Crippen molar-refractivity contribution in [3.8, 4) is 0 Å². The van der Waals surface area contributed by atoms with Crippen LogP contribution in [0, 0.1) is 17.3 Å². The van der Waals surface area contributed by atoms with Gasteiger partial charge in [0.2, 0.25) is 0 Å². The summed E-state index contributed by atoms with van der Waals surface area (Å²) >= 11 is 4.34. The van der Waals surface area contributed by atoms with E-state index < -0.39 is 14.1 Å². The molecule has 5 rings (SSSR count). The van der Waals surface area contributed by atoms with Crippen LogP contribution in [0.5, 0.6) is 0 Å². The predicted molar refractivity (Wildman–Crippen MR) is 171 cm³/mol. The molecule has 2 saturated heterocycles. The highest BCUT2D eigenvalue weighted by atomic mass is 32.2. The van der Waals surface area contributed by atoms with Gasteiger partial charge in [0.1, 0.15) is 0 Å². The second-order valence-corrected chi connectivity index (χ2v) is 21.1. The molecule has 39 heavy (non-hydrogen) atoms. The highest BCUT2D eigenvalue weighted by Gasteiger charge is 2.64. The zero-order valence-corrected chi connectivity index (χ0v) is 27.5. The molecule has 2 aromatic carbocycles. The quantitative estimate of drug-likeness (QED) is 0.303. The van der Waals surface area contributed by atoms with Gasteiger partial charge < -0.3 is 13.9 Å². The van der Waals surface area contributed by atoms with Gasteiger partial charge in [-0.1, -0.05) is 95.3 Å². The zero-order valence-electron chi connectivity index (χ0n) is 24.8. The Hall–Kier alpha value is -0.763. The number of thioether (sulfide) groups is 2. The lowest BCUT2D eigenvalue weighted by Crippen LogP contribution is -2.68. The molecule has 3 aliphatic rings. The van der Waals surface area contributed by atoms with Crippen molar-refractivity contribution >= 4 is 42.2 Å². The minimum atomic E-state index is -2.67. The molecule has 3 nitrogen and oxygen atoms in total. The Morgan fingerprint density at radius 3 is 1.97 bits per heavy atom. The Bertz CT molecular complexity index is 1040. The fourth-order valence-electron chi connectivity index (χ4n) is 7.83. The van der Waals surface area contributed by atoms with E-state index in [1.165, 1.54) is 34.7 Å². The molecule has 0 N–H and O–H groups in total. The summed E-state index contributed by atoms with van der Waals surface area (Å²) in [5, 5.41) is 2.61. The lowest BCUT2D eigenvalue weighted by molar-refractivity contribution is -0.236. The van der Waals surface area contributed by atoms with Crippen molar-refractivity contribution in [1.82, 2.24) is 0 Å². The second kappa shape index (κ2) is 11.5. The van der Waals surface area contributed by atoms with Gasteiger partial charge in [-0.25, -0.2) is 0 Å². The summed E-state index contributed by atoms with van der Waals surface area (Å²) in [4.78, 5) is 0. The molecular formula is C33H48O3S2Si. The van der Waals surface area contributed by atoms with Crippen LogP contribution < -0.4 is 10.4 Å². The summed E-state index contributed by atoms with van der Waals surface area (Å²) < 4.78 is 21.1. The van der Waals surface area contributed by atoms with E-state index in [1.807, 2.05) is 0 Å². The molecule has 0 amide bonds. The standard InChI is InChI=1S/C33H48O3S2Si/c1-26(24-32(6)37-22-13-23-38-32)29-18-19-33(34-20-21-35-33)31(29,5)25-36-39(30(2,3)4,27-14-9-7-10-15-27)28-16-11-8-12-17-28/h7-12,14-17,26,29H,13,18-25H2,1-6H3/t26-,29+,31+/m1/s1. The van der Waals surface area contributed by atoms with E-state index in [4.69, 9.17) is 13.9 Å². The summed E-state index contributed by atoms with van der Waals surface area (Å²) in [6.07, 6.45) is 4.64. The third-order valence-electron chi connectivity index (χ3n) is 9.72. The van der Waals surface area contributed by atoms with Crippen LogP contribution in [0.4, 0.5) is 0 Å². The van der Waals surface area contributed by atoms with Gasteiger partial charge in [-0.3, -0.25) is 0 Å². The van der Waals surface area contributed by atoms with Crippen molar-refractivity contribution in [2.45, 2.75) is 82.1 Å². The van der Waals surface area contributed by atoms with Crippen molar-refractivity contribution in [2.75, 3.05) is 31.3 Å². The van der Waals surface area contributed by atoms with Crippen molar-refractivity contribution in [2.24, 2.45) is 17.3 Å². The molecule has 3 fully saturated rings. The first-order valence-corrected chi connectivity index (χ1v) is 18.7. The summed E-state index contributed by atoms with van der Waals surface area (Å²) in [6, 6.07) is 22.1. The molecule has 0 bridgehead atoms. The van der Waals surface area contributed by atoms with Crippen LogP contribution in [0.3, 0.4) is 0 Å². The van der Waals surface area contributed by atoms with E-state index in [1.54, 1.807) is 0 Å². The molecule has 3 atom stereocenters. The van der Waals surface area contributed by atoms with Crippen LogP contribution in [0.25, 0.3) is 0 Å². The van der Waals surface area contributed by atoms with Crippen molar-refractivity contribution in [1.29, 1.82) is 0 Å². The predicted octanol–water partition coefficient (Wildman–Crippen LogP) is 7.33. The van der Waals surface area contributed by atoms with Gasteiger partial charge in [0.25, 0.3) is 8.32 Å². The SMILES string of the molecule is C[C@H](CC1(C)SCCCS1)[C@@H]1CCC2(OCCO2)[C@@]1(C)CO[Si](c1ccccc1)(c1ccccc1)C(C)(C)C. The fourth-order valence-corrected chi connectivity index (χ4v) is 15.7. The summed E-state index contributed by atoms with van der Waals surface area (Å²) in [7, 11) is -2.67. The maximum absolute atomic E-state index is 7.60. The first-order valence-electron chi connectivity index (χ1n) is 14.9. The third kappa shape index (κ3) is 5.43. The van der Waals surface area contributed by atoms with Crippen LogP contribution in [-0.4, -0.2) is 49.5 Å². The molecule has 0 aromatic heterocycles. The molecule has 0 unspecified atom stereocenters. The average Bonchev–Trinajstić information content (AvgIpc) is 3.51. The minimum absolute atomic E-state index is 0.0564. The van der Waals surface area contributed by atoms with Gasteiger partial charge in [-0.2, -0.15) is 0 Å². The lowest BCUT2D eigenvalue weighted by atomic mass is 9.70. The van der Waals surface area contributed by atoms with E-state index in [0.29, 0.717) is 35.7 Å². The van der Waals surface area contributed by atoms with Crippen LogP contribution in [0.15, 0.2) is 60.7 Å². The fraction of sp³-hybridized carbons (Fsp3) is 0.636. The van der Waals surface area contributed by atoms with Crippen LogP contribution >= 0.6 is 23.5 Å². The summed E-state index contributed by atoms with van der Waals surface area (Å²) in [5.41, 5.74) is -0.226. The van der Waals surface area contributed by atoms with E-state index >= 15 is 0 Å². The summed E-state index contributed by atoms with van der Waals surface area (Å²) in [6.45, 7) is 16.5. The molecule has 1 spiro atoms. The van der Waals surface area contributed by atoms with Gasteiger partial charge in [0.05, 0.1) is 17.3 Å². The van der Waals surface area contributed by atoms with Crippen molar-refractivity contribution < 1.29 is 13.9 Å². The topological polar surface area (TPSA) is 27.7 Å². The molecule has 1 saturated carbocycles. The largest absolute Gasteiger partial charge is 0.407 e. The molecule has 2 heterocycles.